The maximum absolute atomic E-state index is 3.88. The lowest BCUT2D eigenvalue weighted by Crippen LogP contribution is -1.75. The van der Waals surface area contributed by atoms with E-state index in [0.717, 1.165) is 6.42 Å². The van der Waals surface area contributed by atoms with Gasteiger partial charge in [0.05, 0.1) is 0 Å². The molecule has 0 aliphatic heterocycles. The summed E-state index contributed by atoms with van der Waals surface area (Å²) in [6.45, 7) is 2.21. The van der Waals surface area contributed by atoms with Crippen LogP contribution in [0.25, 0.3) is 0 Å². The summed E-state index contributed by atoms with van der Waals surface area (Å²) in [6.07, 6.45) is 7.08. The van der Waals surface area contributed by atoms with Gasteiger partial charge >= 0.3 is 0 Å². The summed E-state index contributed by atoms with van der Waals surface area (Å²) in [4.78, 5) is 3.88. The average molecular weight is 113 g/mol. The Labute approximate surface area is 51.8 Å². The van der Waals surface area contributed by atoms with Crippen molar-refractivity contribution in [2.75, 3.05) is 7.05 Å². The van der Waals surface area contributed by atoms with Crippen molar-refractivity contribution in [2.24, 2.45) is 4.99 Å². The molecule has 0 aromatic carbocycles. The number of hydrogen-bond acceptors (Lipinski definition) is 1. The van der Waals surface area contributed by atoms with Gasteiger partial charge in [-0.15, -0.1) is 0 Å². The van der Waals surface area contributed by atoms with Crippen LogP contribution in [0.3, 0.4) is 0 Å². The van der Waals surface area contributed by atoms with E-state index in [4.69, 9.17) is 0 Å². The highest BCUT2D eigenvalue weighted by Crippen LogP contribution is 1.95. The first kappa shape index (κ1) is 7.67. The fraction of sp³-hybridized carbons (Fsp3) is 0.857. The molecule has 1 heteroatoms. The van der Waals surface area contributed by atoms with Crippen LogP contribution in [-0.2, 0) is 0 Å². The molecule has 1 nitrogen and oxygen atoms in total. The van der Waals surface area contributed by atoms with E-state index in [-0.39, 0.29) is 0 Å². The SMILES string of the molecule is CCCCC/C=N/C. The van der Waals surface area contributed by atoms with E-state index in [1.165, 1.54) is 19.3 Å². The molecule has 0 heterocycles. The van der Waals surface area contributed by atoms with Crippen LogP contribution >= 0.6 is 0 Å². The third kappa shape index (κ3) is 5.67. The van der Waals surface area contributed by atoms with Crippen molar-refractivity contribution >= 4 is 6.21 Å². The molecule has 0 aromatic rings. The highest BCUT2D eigenvalue weighted by Gasteiger charge is 1.79. The molecule has 0 saturated heterocycles. The molecule has 0 fully saturated rings. The molecular weight excluding hydrogens is 98.1 g/mol. The monoisotopic (exact) mass is 113 g/mol. The van der Waals surface area contributed by atoms with Gasteiger partial charge in [0.1, 0.15) is 0 Å². The van der Waals surface area contributed by atoms with E-state index < -0.39 is 0 Å². The highest BCUT2D eigenvalue weighted by atomic mass is 14.6. The predicted octanol–water partition coefficient (Wildman–Crippen LogP) is 2.27. The Hall–Kier alpha value is -0.330. The third-order valence-corrected chi connectivity index (χ3v) is 1.12. The first-order valence-corrected chi connectivity index (χ1v) is 3.32. The fourth-order valence-corrected chi connectivity index (χ4v) is 0.615. The summed E-state index contributed by atoms with van der Waals surface area (Å²) >= 11 is 0. The molecule has 0 unspecified atom stereocenters. The average Bonchev–Trinajstić information content (AvgIpc) is 1.81. The van der Waals surface area contributed by atoms with Crippen LogP contribution in [0.2, 0.25) is 0 Å². The number of rotatable bonds is 4. The van der Waals surface area contributed by atoms with Gasteiger partial charge in [-0.2, -0.15) is 0 Å². The molecule has 0 bridgehead atoms. The second-order valence-corrected chi connectivity index (χ2v) is 1.94. The second-order valence-electron chi connectivity index (χ2n) is 1.94. The van der Waals surface area contributed by atoms with Gasteiger partial charge in [-0.05, 0) is 19.1 Å². The summed E-state index contributed by atoms with van der Waals surface area (Å²) in [6, 6.07) is 0. The maximum Gasteiger partial charge on any atom is 0.0273 e. The van der Waals surface area contributed by atoms with Crippen molar-refractivity contribution < 1.29 is 0 Å². The summed E-state index contributed by atoms with van der Waals surface area (Å²) in [5, 5.41) is 0. The van der Waals surface area contributed by atoms with E-state index in [1.807, 2.05) is 13.3 Å². The van der Waals surface area contributed by atoms with Gasteiger partial charge in [0.25, 0.3) is 0 Å². The van der Waals surface area contributed by atoms with Crippen LogP contribution in [0.5, 0.6) is 0 Å². The fourth-order valence-electron chi connectivity index (χ4n) is 0.615. The molecule has 48 valence electrons. The minimum Gasteiger partial charge on any atom is -0.301 e. The van der Waals surface area contributed by atoms with Crippen LogP contribution in [-0.4, -0.2) is 13.3 Å². The number of aliphatic imine (C=N–C) groups is 1. The number of hydrogen-bond donors (Lipinski definition) is 0. The molecule has 0 saturated carbocycles. The van der Waals surface area contributed by atoms with Crippen molar-refractivity contribution in [1.29, 1.82) is 0 Å². The van der Waals surface area contributed by atoms with Crippen LogP contribution < -0.4 is 0 Å². The number of unbranched alkanes of at least 4 members (excludes halogenated alkanes) is 3. The Morgan fingerprint density at radius 2 is 2.12 bits per heavy atom. The van der Waals surface area contributed by atoms with E-state index in [2.05, 4.69) is 11.9 Å². The predicted molar refractivity (Wildman–Crippen MR) is 38.6 cm³/mol. The Morgan fingerprint density at radius 3 is 2.62 bits per heavy atom. The Bertz CT molecular complexity index is 57.4. The van der Waals surface area contributed by atoms with Crippen molar-refractivity contribution in [3.63, 3.8) is 0 Å². The van der Waals surface area contributed by atoms with E-state index >= 15 is 0 Å². The van der Waals surface area contributed by atoms with Gasteiger partial charge in [0, 0.05) is 7.05 Å². The van der Waals surface area contributed by atoms with Gasteiger partial charge < -0.3 is 4.99 Å². The zero-order chi connectivity index (χ0) is 6.24. The topological polar surface area (TPSA) is 12.4 Å². The molecule has 0 rings (SSSR count). The second kappa shape index (κ2) is 6.67. The van der Waals surface area contributed by atoms with Crippen LogP contribution in [0, 0.1) is 0 Å². The Kier molecular flexibility index (Phi) is 6.39. The molecule has 0 atom stereocenters. The Balaban J connectivity index is 2.72. The normalized spacial score (nSPS) is 10.8. The largest absolute Gasteiger partial charge is 0.301 e. The van der Waals surface area contributed by atoms with Gasteiger partial charge in [-0.1, -0.05) is 19.8 Å². The number of nitrogens with zero attached hydrogens (tertiary/aromatic N) is 1. The van der Waals surface area contributed by atoms with Crippen molar-refractivity contribution in [3.05, 3.63) is 0 Å². The zero-order valence-corrected chi connectivity index (χ0v) is 5.85. The van der Waals surface area contributed by atoms with E-state index in [9.17, 15) is 0 Å². The molecule has 0 aromatic heterocycles. The summed E-state index contributed by atoms with van der Waals surface area (Å²) < 4.78 is 0. The summed E-state index contributed by atoms with van der Waals surface area (Å²) in [5.74, 6) is 0. The molecule has 0 amide bonds. The van der Waals surface area contributed by atoms with E-state index in [0.29, 0.717) is 0 Å². The van der Waals surface area contributed by atoms with Gasteiger partial charge in [-0.25, -0.2) is 0 Å². The van der Waals surface area contributed by atoms with Crippen molar-refractivity contribution in [2.45, 2.75) is 32.6 Å². The standard InChI is InChI=1S/C7H15N/c1-3-4-5-6-7-8-2/h7H,3-6H2,1-2H3/b8-7+. The molecule has 8 heavy (non-hydrogen) atoms. The zero-order valence-electron chi connectivity index (χ0n) is 5.85. The molecule has 0 N–H and O–H groups in total. The quantitative estimate of drug-likeness (QED) is 0.391. The molecular formula is C7H15N. The lowest BCUT2D eigenvalue weighted by atomic mass is 10.2. The van der Waals surface area contributed by atoms with Crippen LogP contribution in [0.4, 0.5) is 0 Å². The van der Waals surface area contributed by atoms with Crippen LogP contribution in [0.1, 0.15) is 32.6 Å². The highest BCUT2D eigenvalue weighted by molar-refractivity contribution is 5.56. The first-order chi connectivity index (χ1) is 3.91. The van der Waals surface area contributed by atoms with Crippen molar-refractivity contribution in [1.82, 2.24) is 0 Å². The first-order valence-electron chi connectivity index (χ1n) is 3.32. The lowest BCUT2D eigenvalue weighted by Gasteiger charge is -1.88. The van der Waals surface area contributed by atoms with Gasteiger partial charge in [0.2, 0.25) is 0 Å². The lowest BCUT2D eigenvalue weighted by molar-refractivity contribution is 0.746. The Morgan fingerprint density at radius 1 is 1.38 bits per heavy atom. The minimum absolute atomic E-state index is 1.16. The minimum atomic E-state index is 1.16. The third-order valence-electron chi connectivity index (χ3n) is 1.12. The molecule has 0 aliphatic rings. The molecule has 0 aliphatic carbocycles. The van der Waals surface area contributed by atoms with Crippen LogP contribution in [0.15, 0.2) is 4.99 Å². The molecule has 0 radical (unpaired) electrons. The van der Waals surface area contributed by atoms with Crippen molar-refractivity contribution in [3.8, 4) is 0 Å². The smallest absolute Gasteiger partial charge is 0.0273 e. The summed E-state index contributed by atoms with van der Waals surface area (Å²) in [7, 11) is 1.83. The maximum atomic E-state index is 3.88. The van der Waals surface area contributed by atoms with Gasteiger partial charge in [-0.3, -0.25) is 0 Å². The molecule has 0 spiro atoms. The van der Waals surface area contributed by atoms with E-state index in [1.54, 1.807) is 0 Å². The van der Waals surface area contributed by atoms with Gasteiger partial charge in [0.15, 0.2) is 0 Å². The summed E-state index contributed by atoms with van der Waals surface area (Å²) in [5.41, 5.74) is 0.